The molecule has 2 aliphatic heterocycles. The maximum absolute atomic E-state index is 11.7. The molecule has 2 heterocycles. The Bertz CT molecular complexity index is 592. The second-order valence-corrected chi connectivity index (χ2v) is 4.02. The smallest absolute Gasteiger partial charge is 0.340 e. The van der Waals surface area contributed by atoms with Crippen molar-refractivity contribution < 1.29 is 9.53 Å². The standard InChI is InChI=1S/C12H12N4O2/c1-18-11(17)8-4-2-3-7-9(8)15-12(13)16-6-5-14-10(7)16/h2-4H,5-6H2,1H3,(H2,13,15). The van der Waals surface area contributed by atoms with Crippen LogP contribution in [0, 0.1) is 0 Å². The molecule has 1 aromatic rings. The molecule has 92 valence electrons. The first-order chi connectivity index (χ1) is 8.72. The van der Waals surface area contributed by atoms with Gasteiger partial charge in [0.15, 0.2) is 0 Å². The Labute approximate surface area is 104 Å². The molecular weight excluding hydrogens is 232 g/mol. The van der Waals surface area contributed by atoms with E-state index in [1.165, 1.54) is 7.11 Å². The van der Waals surface area contributed by atoms with Crippen molar-refractivity contribution in [1.82, 2.24) is 4.90 Å². The molecule has 0 unspecified atom stereocenters. The van der Waals surface area contributed by atoms with E-state index in [0.29, 0.717) is 23.8 Å². The third-order valence-electron chi connectivity index (χ3n) is 3.03. The number of nitrogens with two attached hydrogens (primary N) is 1. The van der Waals surface area contributed by atoms with Crippen molar-refractivity contribution >= 4 is 23.5 Å². The fraction of sp³-hybridized carbons (Fsp3) is 0.250. The average molecular weight is 244 g/mol. The van der Waals surface area contributed by atoms with E-state index in [9.17, 15) is 4.79 Å². The molecule has 6 heteroatoms. The molecule has 18 heavy (non-hydrogen) atoms. The van der Waals surface area contributed by atoms with Crippen molar-refractivity contribution in [3.05, 3.63) is 29.3 Å². The van der Waals surface area contributed by atoms with Crippen LogP contribution in [0.2, 0.25) is 0 Å². The van der Waals surface area contributed by atoms with Gasteiger partial charge in [-0.2, -0.15) is 0 Å². The second kappa shape index (κ2) is 3.83. The molecule has 0 fully saturated rings. The Morgan fingerprint density at radius 3 is 3.11 bits per heavy atom. The molecule has 0 saturated carbocycles. The highest BCUT2D eigenvalue weighted by Gasteiger charge is 2.30. The number of esters is 1. The molecule has 1 aromatic carbocycles. The van der Waals surface area contributed by atoms with Crippen LogP contribution in [0.3, 0.4) is 0 Å². The Kier molecular flexibility index (Phi) is 2.29. The largest absolute Gasteiger partial charge is 0.465 e. The number of carbonyl (C=O) groups is 1. The van der Waals surface area contributed by atoms with Crippen LogP contribution in [0.15, 0.2) is 28.2 Å². The van der Waals surface area contributed by atoms with E-state index in [2.05, 4.69) is 9.98 Å². The second-order valence-electron chi connectivity index (χ2n) is 4.02. The fourth-order valence-corrected chi connectivity index (χ4v) is 2.19. The first-order valence-corrected chi connectivity index (χ1v) is 5.60. The molecule has 2 aliphatic rings. The number of guanidine groups is 1. The molecule has 6 nitrogen and oxygen atoms in total. The predicted molar refractivity (Wildman–Crippen MR) is 67.2 cm³/mol. The van der Waals surface area contributed by atoms with Gasteiger partial charge in [-0.05, 0) is 12.1 Å². The molecule has 0 amide bonds. The molecule has 2 N–H and O–H groups in total. The van der Waals surface area contributed by atoms with Gasteiger partial charge < -0.3 is 10.5 Å². The summed E-state index contributed by atoms with van der Waals surface area (Å²) in [5.41, 5.74) is 7.66. The minimum Gasteiger partial charge on any atom is -0.465 e. The summed E-state index contributed by atoms with van der Waals surface area (Å²) < 4.78 is 4.75. The lowest BCUT2D eigenvalue weighted by Crippen LogP contribution is -2.42. The van der Waals surface area contributed by atoms with Gasteiger partial charge in [0, 0.05) is 12.1 Å². The van der Waals surface area contributed by atoms with Gasteiger partial charge in [-0.3, -0.25) is 9.89 Å². The van der Waals surface area contributed by atoms with E-state index >= 15 is 0 Å². The SMILES string of the molecule is COC(=O)c1cccc2c1N=C(N)N1CCN=C21. The number of amidine groups is 1. The molecule has 0 aromatic heterocycles. The maximum atomic E-state index is 11.7. The number of hydrogen-bond donors (Lipinski definition) is 1. The lowest BCUT2D eigenvalue weighted by atomic mass is 10.0. The van der Waals surface area contributed by atoms with Gasteiger partial charge in [0.1, 0.15) is 5.84 Å². The Morgan fingerprint density at radius 2 is 2.33 bits per heavy atom. The van der Waals surface area contributed by atoms with Crippen LogP contribution in [0.5, 0.6) is 0 Å². The lowest BCUT2D eigenvalue weighted by Gasteiger charge is -2.25. The third kappa shape index (κ3) is 1.38. The minimum atomic E-state index is -0.421. The van der Waals surface area contributed by atoms with E-state index in [-0.39, 0.29) is 0 Å². The van der Waals surface area contributed by atoms with Gasteiger partial charge in [-0.25, -0.2) is 9.79 Å². The van der Waals surface area contributed by atoms with Gasteiger partial charge in [0.05, 0.1) is 24.9 Å². The topological polar surface area (TPSA) is 80.3 Å². The molecule has 0 bridgehead atoms. The van der Waals surface area contributed by atoms with E-state index < -0.39 is 5.97 Å². The van der Waals surface area contributed by atoms with Gasteiger partial charge in [0.2, 0.25) is 5.96 Å². The number of para-hydroxylation sites is 1. The number of methoxy groups -OCH3 is 1. The summed E-state index contributed by atoms with van der Waals surface area (Å²) in [4.78, 5) is 22.3. The summed E-state index contributed by atoms with van der Waals surface area (Å²) in [5, 5.41) is 0. The fourth-order valence-electron chi connectivity index (χ4n) is 2.19. The van der Waals surface area contributed by atoms with Crippen LogP contribution < -0.4 is 5.73 Å². The third-order valence-corrected chi connectivity index (χ3v) is 3.03. The van der Waals surface area contributed by atoms with Crippen molar-refractivity contribution in [2.75, 3.05) is 20.2 Å². The zero-order chi connectivity index (χ0) is 12.7. The quantitative estimate of drug-likeness (QED) is 0.729. The Balaban J connectivity index is 2.22. The summed E-state index contributed by atoms with van der Waals surface area (Å²) >= 11 is 0. The monoisotopic (exact) mass is 244 g/mol. The molecule has 0 atom stereocenters. The van der Waals surface area contributed by atoms with Crippen molar-refractivity contribution in [2.24, 2.45) is 15.7 Å². The number of carbonyl (C=O) groups excluding carboxylic acids is 1. The number of fused-ring (bicyclic) bond motifs is 3. The van der Waals surface area contributed by atoms with E-state index in [0.717, 1.165) is 17.9 Å². The highest BCUT2D eigenvalue weighted by Crippen LogP contribution is 2.31. The molecule has 0 saturated heterocycles. The molecule has 0 aliphatic carbocycles. The number of aliphatic imine (C=N–C) groups is 2. The van der Waals surface area contributed by atoms with Crippen LogP contribution in [-0.2, 0) is 4.74 Å². The summed E-state index contributed by atoms with van der Waals surface area (Å²) in [6.07, 6.45) is 0. The zero-order valence-corrected chi connectivity index (χ0v) is 9.88. The number of hydrogen-bond acceptors (Lipinski definition) is 6. The molecule has 0 spiro atoms. The maximum Gasteiger partial charge on any atom is 0.340 e. The highest BCUT2D eigenvalue weighted by atomic mass is 16.5. The van der Waals surface area contributed by atoms with Gasteiger partial charge in [-0.1, -0.05) is 6.07 Å². The number of nitrogens with zero attached hydrogens (tertiary/aromatic N) is 3. The average Bonchev–Trinajstić information content (AvgIpc) is 2.87. The number of ether oxygens (including phenoxy) is 1. The van der Waals surface area contributed by atoms with Crippen LogP contribution in [0.1, 0.15) is 15.9 Å². The van der Waals surface area contributed by atoms with Crippen LogP contribution in [0.4, 0.5) is 5.69 Å². The van der Waals surface area contributed by atoms with Gasteiger partial charge >= 0.3 is 5.97 Å². The summed E-state index contributed by atoms with van der Waals surface area (Å²) in [7, 11) is 1.34. The van der Waals surface area contributed by atoms with Crippen molar-refractivity contribution in [1.29, 1.82) is 0 Å². The van der Waals surface area contributed by atoms with E-state index in [1.807, 2.05) is 11.0 Å². The predicted octanol–water partition coefficient (Wildman–Crippen LogP) is 0.495. The Hall–Kier alpha value is -2.37. The minimum absolute atomic E-state index is 0.370. The van der Waals surface area contributed by atoms with Crippen LogP contribution in [-0.4, -0.2) is 42.9 Å². The van der Waals surface area contributed by atoms with Crippen molar-refractivity contribution in [2.45, 2.75) is 0 Å². The van der Waals surface area contributed by atoms with Crippen LogP contribution >= 0.6 is 0 Å². The number of rotatable bonds is 1. The van der Waals surface area contributed by atoms with Gasteiger partial charge in [0.25, 0.3) is 0 Å². The summed E-state index contributed by atoms with van der Waals surface area (Å²) in [5.74, 6) is 0.730. The molecule has 0 radical (unpaired) electrons. The van der Waals surface area contributed by atoms with E-state index in [4.69, 9.17) is 10.5 Å². The van der Waals surface area contributed by atoms with Crippen LogP contribution in [0.25, 0.3) is 0 Å². The number of benzene rings is 1. The summed E-state index contributed by atoms with van der Waals surface area (Å²) in [6.45, 7) is 1.42. The first kappa shape index (κ1) is 10.8. The highest BCUT2D eigenvalue weighted by molar-refractivity contribution is 6.17. The van der Waals surface area contributed by atoms with Crippen molar-refractivity contribution in [3.63, 3.8) is 0 Å². The molecular formula is C12H12N4O2. The normalized spacial score (nSPS) is 16.6. The molecule has 3 rings (SSSR count). The lowest BCUT2D eigenvalue weighted by molar-refractivity contribution is 0.0601. The van der Waals surface area contributed by atoms with Gasteiger partial charge in [-0.15, -0.1) is 0 Å². The summed E-state index contributed by atoms with van der Waals surface area (Å²) in [6, 6.07) is 5.35. The Morgan fingerprint density at radius 1 is 1.50 bits per heavy atom. The van der Waals surface area contributed by atoms with Crippen molar-refractivity contribution in [3.8, 4) is 0 Å². The van der Waals surface area contributed by atoms with E-state index in [1.54, 1.807) is 12.1 Å². The zero-order valence-electron chi connectivity index (χ0n) is 9.88. The first-order valence-electron chi connectivity index (χ1n) is 5.60.